The lowest BCUT2D eigenvalue weighted by atomic mass is 10.1. The zero-order chi connectivity index (χ0) is 16.9. The van der Waals surface area contributed by atoms with Gasteiger partial charge in [-0.2, -0.15) is 0 Å². The van der Waals surface area contributed by atoms with Crippen LogP contribution in [0.4, 0.5) is 0 Å². The molecule has 0 spiro atoms. The second kappa shape index (κ2) is 14.9. The zero-order valence-electron chi connectivity index (χ0n) is 15.4. The van der Waals surface area contributed by atoms with Crippen molar-refractivity contribution >= 4 is 41.3 Å². The van der Waals surface area contributed by atoms with Crippen molar-refractivity contribution in [2.75, 3.05) is 54.0 Å². The van der Waals surface area contributed by atoms with Gasteiger partial charge >= 0.3 is 0 Å². The van der Waals surface area contributed by atoms with Gasteiger partial charge < -0.3 is 20.3 Å². The topological polar surface area (TPSA) is 48.9 Å². The van der Waals surface area contributed by atoms with E-state index in [1.165, 1.54) is 4.88 Å². The Kier molecular flexibility index (Phi) is 14.7. The molecule has 0 aliphatic heterocycles. The highest BCUT2D eigenvalue weighted by molar-refractivity contribution is 14.0. The predicted octanol–water partition coefficient (Wildman–Crippen LogP) is 2.68. The van der Waals surface area contributed by atoms with Gasteiger partial charge in [0.1, 0.15) is 0 Å². The van der Waals surface area contributed by atoms with Crippen molar-refractivity contribution in [3.8, 4) is 0 Å². The third-order valence-electron chi connectivity index (χ3n) is 3.65. The number of thiophene rings is 1. The average molecular weight is 468 g/mol. The summed E-state index contributed by atoms with van der Waals surface area (Å²) in [6.07, 6.45) is 2.18. The van der Waals surface area contributed by atoms with E-state index in [9.17, 15) is 0 Å². The van der Waals surface area contributed by atoms with E-state index in [-0.39, 0.29) is 24.0 Å². The van der Waals surface area contributed by atoms with Gasteiger partial charge in [0.25, 0.3) is 0 Å². The molecule has 0 saturated carbocycles. The summed E-state index contributed by atoms with van der Waals surface area (Å²) in [7, 11) is 5.70. The van der Waals surface area contributed by atoms with E-state index in [2.05, 4.69) is 52.0 Å². The summed E-state index contributed by atoms with van der Waals surface area (Å²) in [6.45, 7) is 6.96. The van der Waals surface area contributed by atoms with Crippen LogP contribution >= 0.6 is 35.3 Å². The summed E-state index contributed by atoms with van der Waals surface area (Å²) in [5.74, 6) is 1.47. The number of rotatable bonds is 11. The Bertz CT molecular complexity index is 428. The molecule has 140 valence electrons. The summed E-state index contributed by atoms with van der Waals surface area (Å²) >= 11 is 1.83. The SMILES string of the molecule is CN=C(NCCN(C)CCCOC)NCC(C)Cc1cccs1.I. The van der Waals surface area contributed by atoms with Crippen molar-refractivity contribution in [2.24, 2.45) is 10.9 Å². The second-order valence-electron chi connectivity index (χ2n) is 5.92. The van der Waals surface area contributed by atoms with Crippen LogP contribution in [0.5, 0.6) is 0 Å². The van der Waals surface area contributed by atoms with Crippen LogP contribution in [-0.4, -0.2) is 64.9 Å². The van der Waals surface area contributed by atoms with E-state index in [1.54, 1.807) is 7.11 Å². The smallest absolute Gasteiger partial charge is 0.191 e. The largest absolute Gasteiger partial charge is 0.385 e. The van der Waals surface area contributed by atoms with E-state index in [0.29, 0.717) is 5.92 Å². The number of likely N-dealkylation sites (N-methyl/N-ethyl adjacent to an activating group) is 1. The Morgan fingerprint density at radius 3 is 2.79 bits per heavy atom. The van der Waals surface area contributed by atoms with Crippen molar-refractivity contribution in [3.05, 3.63) is 22.4 Å². The fourth-order valence-electron chi connectivity index (χ4n) is 2.29. The van der Waals surface area contributed by atoms with Gasteiger partial charge in [0.05, 0.1) is 0 Å². The van der Waals surface area contributed by atoms with Gasteiger partial charge in [-0.15, -0.1) is 35.3 Å². The first-order chi connectivity index (χ1) is 11.2. The fourth-order valence-corrected chi connectivity index (χ4v) is 3.16. The van der Waals surface area contributed by atoms with E-state index in [0.717, 1.165) is 51.6 Å². The number of nitrogens with zero attached hydrogens (tertiary/aromatic N) is 2. The van der Waals surface area contributed by atoms with E-state index in [4.69, 9.17) is 4.74 Å². The van der Waals surface area contributed by atoms with Gasteiger partial charge in [-0.05, 0) is 37.3 Å². The average Bonchev–Trinajstić information content (AvgIpc) is 3.03. The molecular formula is C17H33IN4OS. The van der Waals surface area contributed by atoms with Gasteiger partial charge in [0.2, 0.25) is 0 Å². The predicted molar refractivity (Wildman–Crippen MR) is 116 cm³/mol. The lowest BCUT2D eigenvalue weighted by Gasteiger charge is -2.19. The maximum Gasteiger partial charge on any atom is 0.191 e. The molecule has 5 nitrogen and oxygen atoms in total. The van der Waals surface area contributed by atoms with Gasteiger partial charge in [0, 0.05) is 51.8 Å². The number of hydrogen-bond donors (Lipinski definition) is 2. The van der Waals surface area contributed by atoms with Crippen LogP contribution < -0.4 is 10.6 Å². The van der Waals surface area contributed by atoms with Crippen molar-refractivity contribution in [1.29, 1.82) is 0 Å². The third kappa shape index (κ3) is 11.2. The normalized spacial score (nSPS) is 12.8. The minimum atomic E-state index is 0. The van der Waals surface area contributed by atoms with Crippen LogP contribution in [-0.2, 0) is 11.2 Å². The number of guanidine groups is 1. The Labute approximate surface area is 168 Å². The van der Waals surface area contributed by atoms with Crippen molar-refractivity contribution in [3.63, 3.8) is 0 Å². The molecule has 0 fully saturated rings. The standard InChI is InChI=1S/C17H32N4OS.HI/c1-15(13-16-7-5-12-23-16)14-20-17(18-2)19-8-10-21(3)9-6-11-22-4;/h5,7,12,15H,6,8-11,13-14H2,1-4H3,(H2,18,19,20);1H. The highest BCUT2D eigenvalue weighted by Gasteiger charge is 2.06. The molecule has 7 heteroatoms. The molecule has 0 aliphatic carbocycles. The van der Waals surface area contributed by atoms with Crippen molar-refractivity contribution in [1.82, 2.24) is 15.5 Å². The molecule has 1 heterocycles. The van der Waals surface area contributed by atoms with E-state index < -0.39 is 0 Å². The molecule has 0 amide bonds. The number of hydrogen-bond acceptors (Lipinski definition) is 4. The van der Waals surface area contributed by atoms with Gasteiger partial charge in [0.15, 0.2) is 5.96 Å². The van der Waals surface area contributed by atoms with Crippen LogP contribution in [0.15, 0.2) is 22.5 Å². The van der Waals surface area contributed by atoms with Crippen LogP contribution in [0.3, 0.4) is 0 Å². The lowest BCUT2D eigenvalue weighted by Crippen LogP contribution is -2.42. The van der Waals surface area contributed by atoms with Crippen LogP contribution in [0.2, 0.25) is 0 Å². The molecule has 0 saturated heterocycles. The van der Waals surface area contributed by atoms with Crippen LogP contribution in [0.25, 0.3) is 0 Å². The zero-order valence-corrected chi connectivity index (χ0v) is 18.5. The maximum atomic E-state index is 5.07. The number of methoxy groups -OCH3 is 1. The van der Waals surface area contributed by atoms with E-state index in [1.807, 2.05) is 18.4 Å². The molecule has 2 N–H and O–H groups in total. The van der Waals surface area contributed by atoms with Crippen LogP contribution in [0.1, 0.15) is 18.2 Å². The Balaban J connectivity index is 0.00000529. The number of halogens is 1. The highest BCUT2D eigenvalue weighted by atomic mass is 127. The molecule has 0 bridgehead atoms. The molecule has 0 aliphatic rings. The Morgan fingerprint density at radius 2 is 2.17 bits per heavy atom. The molecular weight excluding hydrogens is 435 g/mol. The molecule has 1 atom stereocenters. The molecule has 0 aromatic carbocycles. The first kappa shape index (κ1) is 23.6. The highest BCUT2D eigenvalue weighted by Crippen LogP contribution is 2.13. The molecule has 24 heavy (non-hydrogen) atoms. The number of ether oxygens (including phenoxy) is 1. The minimum absolute atomic E-state index is 0. The van der Waals surface area contributed by atoms with Gasteiger partial charge in [-0.3, -0.25) is 4.99 Å². The van der Waals surface area contributed by atoms with Gasteiger partial charge in [-0.25, -0.2) is 0 Å². The third-order valence-corrected chi connectivity index (χ3v) is 4.54. The van der Waals surface area contributed by atoms with Crippen LogP contribution in [0, 0.1) is 5.92 Å². The quantitative estimate of drug-likeness (QED) is 0.227. The lowest BCUT2D eigenvalue weighted by molar-refractivity contribution is 0.180. The number of nitrogens with one attached hydrogen (secondary N) is 2. The molecule has 1 aromatic rings. The summed E-state index contributed by atoms with van der Waals surface area (Å²) in [5, 5.41) is 8.92. The second-order valence-corrected chi connectivity index (χ2v) is 6.95. The van der Waals surface area contributed by atoms with Gasteiger partial charge in [-0.1, -0.05) is 13.0 Å². The summed E-state index contributed by atoms with van der Waals surface area (Å²) in [5.41, 5.74) is 0. The minimum Gasteiger partial charge on any atom is -0.385 e. The summed E-state index contributed by atoms with van der Waals surface area (Å²) in [4.78, 5) is 8.04. The summed E-state index contributed by atoms with van der Waals surface area (Å²) < 4.78 is 5.07. The summed E-state index contributed by atoms with van der Waals surface area (Å²) in [6, 6.07) is 4.32. The van der Waals surface area contributed by atoms with Crippen molar-refractivity contribution < 1.29 is 4.74 Å². The van der Waals surface area contributed by atoms with Crippen molar-refractivity contribution in [2.45, 2.75) is 19.8 Å². The Hall–Kier alpha value is -0.380. The molecule has 0 radical (unpaired) electrons. The molecule has 1 unspecified atom stereocenters. The molecule has 1 aromatic heterocycles. The van der Waals surface area contributed by atoms with E-state index >= 15 is 0 Å². The maximum absolute atomic E-state index is 5.07. The number of aliphatic imine (C=N–C) groups is 1. The first-order valence-corrected chi connectivity index (χ1v) is 9.18. The first-order valence-electron chi connectivity index (χ1n) is 8.30. The fraction of sp³-hybridized carbons (Fsp3) is 0.706. The monoisotopic (exact) mass is 468 g/mol. The Morgan fingerprint density at radius 1 is 1.38 bits per heavy atom. The molecule has 1 rings (SSSR count).